The molecule has 7 heteroatoms. The Bertz CT molecular complexity index is 757. The fourth-order valence-electron chi connectivity index (χ4n) is 4.65. The second kappa shape index (κ2) is 6.39. The maximum absolute atomic E-state index is 13.3. The Hall–Kier alpha value is -2.41. The lowest BCUT2D eigenvalue weighted by atomic mass is 9.76. The molecule has 138 valence electrons. The number of fused-ring (bicyclic) bond motifs is 2. The Morgan fingerprint density at radius 3 is 2.73 bits per heavy atom. The van der Waals surface area contributed by atoms with Crippen LogP contribution in [0.5, 0.6) is 0 Å². The smallest absolute Gasteiger partial charge is 0.329 e. The van der Waals surface area contributed by atoms with Crippen LogP contribution in [0, 0.1) is 5.92 Å². The maximum atomic E-state index is 13.3. The van der Waals surface area contributed by atoms with E-state index in [4.69, 9.17) is 5.73 Å². The number of rotatable bonds is 3. The monoisotopic (exact) mass is 357 g/mol. The fraction of sp³-hybridized carbons (Fsp3) is 0.526. The number of primary amides is 1. The number of quaternary nitrogens is 1. The molecule has 1 spiro atoms. The quantitative estimate of drug-likeness (QED) is 0.637. The number of hydrogen-bond donors (Lipinski definition) is 3. The van der Waals surface area contributed by atoms with E-state index in [0.29, 0.717) is 25.9 Å². The summed E-state index contributed by atoms with van der Waals surface area (Å²) in [6.45, 7) is 1.84. The van der Waals surface area contributed by atoms with Crippen LogP contribution in [0.2, 0.25) is 0 Å². The molecule has 0 saturated carbocycles. The van der Waals surface area contributed by atoms with E-state index in [1.54, 1.807) is 0 Å². The van der Waals surface area contributed by atoms with E-state index in [-0.39, 0.29) is 23.8 Å². The summed E-state index contributed by atoms with van der Waals surface area (Å²) >= 11 is 0. The summed E-state index contributed by atoms with van der Waals surface area (Å²) < 4.78 is 0. The molecule has 4 rings (SSSR count). The number of imide groups is 1. The SMILES string of the molecule is NC(=O)C1CC[NH+](CN2C(=O)NC3(CCCc4ccccc43)C2=O)CC1. The highest BCUT2D eigenvalue weighted by Crippen LogP contribution is 2.39. The van der Waals surface area contributed by atoms with Crippen molar-refractivity contribution >= 4 is 17.8 Å². The van der Waals surface area contributed by atoms with Crippen molar-refractivity contribution in [3.63, 3.8) is 0 Å². The summed E-state index contributed by atoms with van der Waals surface area (Å²) in [4.78, 5) is 39.7. The number of benzene rings is 1. The minimum Gasteiger partial charge on any atom is -0.369 e. The minimum atomic E-state index is -0.906. The third-order valence-electron chi connectivity index (χ3n) is 6.13. The molecule has 1 aromatic carbocycles. The predicted octanol–water partition coefficient (Wildman–Crippen LogP) is -0.492. The number of likely N-dealkylation sites (tertiary alicyclic amines) is 1. The Labute approximate surface area is 152 Å². The van der Waals surface area contributed by atoms with Crippen LogP contribution < -0.4 is 16.0 Å². The molecule has 0 bridgehead atoms. The van der Waals surface area contributed by atoms with Gasteiger partial charge in [-0.2, -0.15) is 0 Å². The zero-order chi connectivity index (χ0) is 18.3. The van der Waals surface area contributed by atoms with Gasteiger partial charge in [-0.15, -0.1) is 0 Å². The summed E-state index contributed by atoms with van der Waals surface area (Å²) in [6, 6.07) is 7.59. The van der Waals surface area contributed by atoms with Gasteiger partial charge in [-0.1, -0.05) is 24.3 Å². The number of aryl methyl sites for hydroxylation is 1. The second-order valence-corrected chi connectivity index (χ2v) is 7.66. The minimum absolute atomic E-state index is 0.0848. The summed E-state index contributed by atoms with van der Waals surface area (Å²) in [5, 5.41) is 2.99. The Balaban J connectivity index is 1.52. The summed E-state index contributed by atoms with van der Waals surface area (Å²) in [6.07, 6.45) is 3.88. The molecule has 2 heterocycles. The van der Waals surface area contributed by atoms with Crippen LogP contribution in [0.1, 0.15) is 36.8 Å². The predicted molar refractivity (Wildman–Crippen MR) is 93.9 cm³/mol. The largest absolute Gasteiger partial charge is 0.369 e. The van der Waals surface area contributed by atoms with Gasteiger partial charge in [0.2, 0.25) is 5.91 Å². The Morgan fingerprint density at radius 1 is 1.27 bits per heavy atom. The van der Waals surface area contributed by atoms with Gasteiger partial charge in [0.15, 0.2) is 6.67 Å². The Morgan fingerprint density at radius 2 is 2.00 bits per heavy atom. The molecule has 4 amide bonds. The van der Waals surface area contributed by atoms with Crippen molar-refractivity contribution in [1.82, 2.24) is 10.2 Å². The van der Waals surface area contributed by atoms with Crippen LogP contribution in [0.3, 0.4) is 0 Å². The highest BCUT2D eigenvalue weighted by molar-refractivity contribution is 6.07. The number of hydrogen-bond acceptors (Lipinski definition) is 3. The number of nitrogens with zero attached hydrogens (tertiary/aromatic N) is 1. The molecule has 1 aromatic rings. The van der Waals surface area contributed by atoms with Gasteiger partial charge in [0.05, 0.1) is 13.1 Å². The number of carbonyl (C=O) groups is 3. The topological polar surface area (TPSA) is 96.9 Å². The van der Waals surface area contributed by atoms with Gasteiger partial charge in [0.1, 0.15) is 5.54 Å². The zero-order valence-electron chi connectivity index (χ0n) is 14.8. The van der Waals surface area contributed by atoms with E-state index in [1.807, 2.05) is 24.3 Å². The zero-order valence-corrected chi connectivity index (χ0v) is 14.8. The van der Waals surface area contributed by atoms with Crippen molar-refractivity contribution in [2.45, 2.75) is 37.6 Å². The first-order chi connectivity index (χ1) is 12.5. The molecular weight excluding hydrogens is 332 g/mol. The van der Waals surface area contributed by atoms with E-state index in [0.717, 1.165) is 42.0 Å². The summed E-state index contributed by atoms with van der Waals surface area (Å²) in [5.41, 5.74) is 6.56. The van der Waals surface area contributed by atoms with Crippen LogP contribution in [-0.4, -0.2) is 42.5 Å². The average molecular weight is 357 g/mol. The van der Waals surface area contributed by atoms with Crippen molar-refractivity contribution in [3.8, 4) is 0 Å². The van der Waals surface area contributed by atoms with Crippen molar-refractivity contribution in [1.29, 1.82) is 0 Å². The lowest BCUT2D eigenvalue weighted by Crippen LogP contribution is -3.14. The highest BCUT2D eigenvalue weighted by atomic mass is 16.2. The van der Waals surface area contributed by atoms with Crippen molar-refractivity contribution in [2.75, 3.05) is 19.8 Å². The molecule has 7 nitrogen and oxygen atoms in total. The van der Waals surface area contributed by atoms with Gasteiger partial charge < -0.3 is 16.0 Å². The van der Waals surface area contributed by atoms with E-state index in [1.165, 1.54) is 4.90 Å². The molecular formula is C19H25N4O3+. The number of piperidine rings is 1. The first-order valence-electron chi connectivity index (χ1n) is 9.36. The molecule has 1 atom stereocenters. The number of urea groups is 1. The van der Waals surface area contributed by atoms with Crippen molar-refractivity contribution in [2.24, 2.45) is 11.7 Å². The third-order valence-corrected chi connectivity index (χ3v) is 6.13. The molecule has 2 saturated heterocycles. The van der Waals surface area contributed by atoms with Gasteiger partial charge in [-0.05, 0) is 30.4 Å². The molecule has 2 aliphatic heterocycles. The molecule has 26 heavy (non-hydrogen) atoms. The van der Waals surface area contributed by atoms with Crippen LogP contribution in [-0.2, 0) is 21.5 Å². The first-order valence-corrected chi connectivity index (χ1v) is 9.36. The lowest BCUT2D eigenvalue weighted by molar-refractivity contribution is -0.912. The van der Waals surface area contributed by atoms with E-state index in [9.17, 15) is 14.4 Å². The van der Waals surface area contributed by atoms with Crippen LogP contribution in [0.4, 0.5) is 4.79 Å². The van der Waals surface area contributed by atoms with Crippen molar-refractivity contribution < 1.29 is 19.3 Å². The van der Waals surface area contributed by atoms with E-state index in [2.05, 4.69) is 5.32 Å². The van der Waals surface area contributed by atoms with Gasteiger partial charge in [-0.25, -0.2) is 9.69 Å². The molecule has 2 fully saturated rings. The Kier molecular flexibility index (Phi) is 4.19. The van der Waals surface area contributed by atoms with Crippen LogP contribution in [0.25, 0.3) is 0 Å². The number of nitrogens with two attached hydrogens (primary N) is 1. The summed E-state index contributed by atoms with van der Waals surface area (Å²) in [7, 11) is 0. The average Bonchev–Trinajstić information content (AvgIpc) is 2.87. The molecule has 4 N–H and O–H groups in total. The second-order valence-electron chi connectivity index (χ2n) is 7.66. The van der Waals surface area contributed by atoms with E-state index >= 15 is 0 Å². The third kappa shape index (κ3) is 2.67. The first kappa shape index (κ1) is 17.0. The molecule has 0 aromatic heterocycles. The standard InChI is InChI=1S/C19H24N4O3/c20-16(24)14-7-10-22(11-8-14)12-23-17(25)19(21-18(23)26)9-3-5-13-4-1-2-6-15(13)19/h1-2,4,6,14H,3,5,7-12H2,(H2,20,24)(H,21,26)/p+1. The maximum Gasteiger partial charge on any atom is 0.329 e. The van der Waals surface area contributed by atoms with Crippen LogP contribution >= 0.6 is 0 Å². The van der Waals surface area contributed by atoms with Gasteiger partial charge in [0, 0.05) is 18.8 Å². The van der Waals surface area contributed by atoms with Gasteiger partial charge in [-0.3, -0.25) is 9.59 Å². The van der Waals surface area contributed by atoms with Gasteiger partial charge in [0.25, 0.3) is 5.91 Å². The number of carbonyl (C=O) groups excluding carboxylic acids is 3. The molecule has 1 aliphatic carbocycles. The van der Waals surface area contributed by atoms with Crippen molar-refractivity contribution in [3.05, 3.63) is 35.4 Å². The molecule has 0 radical (unpaired) electrons. The normalized spacial score (nSPS) is 31.0. The highest BCUT2D eigenvalue weighted by Gasteiger charge is 2.54. The van der Waals surface area contributed by atoms with Gasteiger partial charge >= 0.3 is 6.03 Å². The number of amides is 4. The molecule has 3 aliphatic rings. The molecule has 1 unspecified atom stereocenters. The summed E-state index contributed by atoms with van der Waals surface area (Å²) in [5.74, 6) is -0.477. The lowest BCUT2D eigenvalue weighted by Gasteiger charge is -2.34. The fourth-order valence-corrected chi connectivity index (χ4v) is 4.65. The number of nitrogens with one attached hydrogen (secondary N) is 2. The van der Waals surface area contributed by atoms with E-state index < -0.39 is 5.54 Å². The van der Waals surface area contributed by atoms with Crippen LogP contribution in [0.15, 0.2) is 24.3 Å².